The van der Waals surface area contributed by atoms with E-state index in [1.54, 1.807) is 6.20 Å². The first-order chi connectivity index (χ1) is 9.69. The van der Waals surface area contributed by atoms with E-state index in [-0.39, 0.29) is 0 Å². The minimum absolute atomic E-state index is 0.293. The summed E-state index contributed by atoms with van der Waals surface area (Å²) >= 11 is 0. The summed E-state index contributed by atoms with van der Waals surface area (Å²) in [5.41, 5.74) is 6.49. The molecule has 2 aromatic heterocycles. The lowest BCUT2D eigenvalue weighted by atomic mass is 10.2. The number of aromatic amines is 1. The molecule has 1 aliphatic heterocycles. The van der Waals surface area contributed by atoms with Crippen LogP contribution in [0.2, 0.25) is 0 Å². The van der Waals surface area contributed by atoms with Gasteiger partial charge in [-0.2, -0.15) is 15.1 Å². The zero-order valence-corrected chi connectivity index (χ0v) is 12.0. The number of aromatic nitrogens is 4. The molecule has 7 heteroatoms. The molecular formula is C13H21N7. The van der Waals surface area contributed by atoms with Crippen LogP contribution in [-0.4, -0.2) is 57.3 Å². The van der Waals surface area contributed by atoms with Crippen LogP contribution in [-0.2, 0) is 0 Å². The lowest BCUT2D eigenvalue weighted by Gasteiger charge is -2.38. The van der Waals surface area contributed by atoms with Gasteiger partial charge in [0, 0.05) is 32.2 Å². The average molecular weight is 275 g/mol. The van der Waals surface area contributed by atoms with Crippen LogP contribution in [0.4, 0.5) is 11.8 Å². The Bertz CT molecular complexity index is 585. The maximum absolute atomic E-state index is 5.78. The van der Waals surface area contributed by atoms with Gasteiger partial charge >= 0.3 is 0 Å². The van der Waals surface area contributed by atoms with Crippen molar-refractivity contribution in [1.29, 1.82) is 0 Å². The number of piperazine rings is 1. The molecule has 0 spiro atoms. The highest BCUT2D eigenvalue weighted by atomic mass is 15.3. The number of nitrogen functional groups attached to an aromatic ring is 1. The fourth-order valence-corrected chi connectivity index (χ4v) is 2.71. The SMILES string of the molecule is CCC(C)N1CCN(c2nc(N)nc3[nH]ncc23)CC1. The Morgan fingerprint density at radius 3 is 2.75 bits per heavy atom. The van der Waals surface area contributed by atoms with Crippen molar-refractivity contribution in [3.8, 4) is 0 Å². The summed E-state index contributed by atoms with van der Waals surface area (Å²) in [7, 11) is 0. The monoisotopic (exact) mass is 275 g/mol. The number of hydrogen-bond donors (Lipinski definition) is 2. The molecule has 0 radical (unpaired) electrons. The molecule has 1 unspecified atom stereocenters. The van der Waals surface area contributed by atoms with Gasteiger partial charge in [0.1, 0.15) is 5.82 Å². The predicted octanol–water partition coefficient (Wildman–Crippen LogP) is 0.856. The van der Waals surface area contributed by atoms with Crippen molar-refractivity contribution in [2.45, 2.75) is 26.3 Å². The Labute approximate surface area is 118 Å². The van der Waals surface area contributed by atoms with E-state index in [0.717, 1.165) is 37.4 Å². The van der Waals surface area contributed by atoms with E-state index < -0.39 is 0 Å². The van der Waals surface area contributed by atoms with Gasteiger partial charge < -0.3 is 10.6 Å². The lowest BCUT2D eigenvalue weighted by Crippen LogP contribution is -2.49. The molecule has 0 bridgehead atoms. The second-order valence-corrected chi connectivity index (χ2v) is 5.32. The van der Waals surface area contributed by atoms with Crippen LogP contribution in [0, 0.1) is 0 Å². The summed E-state index contributed by atoms with van der Waals surface area (Å²) in [6.45, 7) is 8.54. The first kappa shape index (κ1) is 13.1. The smallest absolute Gasteiger partial charge is 0.224 e. The normalized spacial score (nSPS) is 18.6. The zero-order chi connectivity index (χ0) is 14.1. The van der Waals surface area contributed by atoms with Gasteiger partial charge in [0.15, 0.2) is 5.65 Å². The average Bonchev–Trinajstić information content (AvgIpc) is 2.94. The van der Waals surface area contributed by atoms with Gasteiger partial charge in [0.05, 0.1) is 11.6 Å². The second-order valence-electron chi connectivity index (χ2n) is 5.32. The molecule has 3 N–H and O–H groups in total. The summed E-state index contributed by atoms with van der Waals surface area (Å²) in [6.07, 6.45) is 2.96. The van der Waals surface area contributed by atoms with E-state index in [9.17, 15) is 0 Å². The topological polar surface area (TPSA) is 87.0 Å². The van der Waals surface area contributed by atoms with E-state index in [1.807, 2.05) is 0 Å². The van der Waals surface area contributed by atoms with Crippen molar-refractivity contribution in [1.82, 2.24) is 25.1 Å². The van der Waals surface area contributed by atoms with Crippen LogP contribution in [0.5, 0.6) is 0 Å². The number of nitrogens with zero attached hydrogens (tertiary/aromatic N) is 5. The highest BCUT2D eigenvalue weighted by molar-refractivity contribution is 5.87. The lowest BCUT2D eigenvalue weighted by molar-refractivity contribution is 0.192. The number of fused-ring (bicyclic) bond motifs is 1. The first-order valence-corrected chi connectivity index (χ1v) is 7.14. The van der Waals surface area contributed by atoms with E-state index >= 15 is 0 Å². The van der Waals surface area contributed by atoms with Crippen molar-refractivity contribution in [2.75, 3.05) is 36.8 Å². The molecule has 7 nitrogen and oxygen atoms in total. The molecule has 108 valence electrons. The van der Waals surface area contributed by atoms with Gasteiger partial charge in [-0.1, -0.05) is 6.92 Å². The molecule has 1 saturated heterocycles. The van der Waals surface area contributed by atoms with Crippen LogP contribution < -0.4 is 10.6 Å². The van der Waals surface area contributed by atoms with Crippen LogP contribution in [0.25, 0.3) is 11.0 Å². The van der Waals surface area contributed by atoms with Crippen molar-refractivity contribution >= 4 is 22.8 Å². The summed E-state index contributed by atoms with van der Waals surface area (Å²) in [5.74, 6) is 1.19. The molecule has 0 saturated carbocycles. The molecule has 3 rings (SSSR count). The zero-order valence-electron chi connectivity index (χ0n) is 12.0. The Balaban J connectivity index is 1.81. The van der Waals surface area contributed by atoms with Crippen molar-refractivity contribution in [2.24, 2.45) is 0 Å². The van der Waals surface area contributed by atoms with E-state index in [4.69, 9.17) is 5.73 Å². The Morgan fingerprint density at radius 1 is 1.30 bits per heavy atom. The van der Waals surface area contributed by atoms with Crippen LogP contribution in [0.1, 0.15) is 20.3 Å². The third-order valence-corrected chi connectivity index (χ3v) is 4.13. The number of rotatable bonds is 3. The Hall–Kier alpha value is -1.89. The van der Waals surface area contributed by atoms with Crippen LogP contribution in [0.15, 0.2) is 6.20 Å². The maximum atomic E-state index is 5.78. The van der Waals surface area contributed by atoms with Crippen LogP contribution in [0.3, 0.4) is 0 Å². The fourth-order valence-electron chi connectivity index (χ4n) is 2.71. The molecule has 1 fully saturated rings. The molecule has 3 heterocycles. The standard InChI is InChI=1S/C13H21N7/c1-3-9(2)19-4-6-20(7-5-19)12-10-8-15-18-11(10)16-13(14)17-12/h8-9H,3-7H2,1-2H3,(H3,14,15,16,17,18). The molecule has 1 aliphatic rings. The van der Waals surface area contributed by atoms with E-state index in [2.05, 4.69) is 43.8 Å². The highest BCUT2D eigenvalue weighted by Crippen LogP contribution is 2.24. The molecule has 0 aromatic carbocycles. The summed E-state index contributed by atoms with van der Waals surface area (Å²) in [5, 5.41) is 7.83. The first-order valence-electron chi connectivity index (χ1n) is 7.14. The number of anilines is 2. The summed E-state index contributed by atoms with van der Waals surface area (Å²) in [4.78, 5) is 13.4. The van der Waals surface area contributed by atoms with Crippen molar-refractivity contribution in [3.05, 3.63) is 6.20 Å². The molecule has 1 atom stereocenters. The summed E-state index contributed by atoms with van der Waals surface area (Å²) in [6, 6.07) is 0.640. The van der Waals surface area contributed by atoms with Crippen LogP contribution >= 0.6 is 0 Å². The molecular weight excluding hydrogens is 254 g/mol. The van der Waals surface area contributed by atoms with Gasteiger partial charge in [0.25, 0.3) is 0 Å². The minimum atomic E-state index is 0.293. The Kier molecular flexibility index (Phi) is 3.43. The Morgan fingerprint density at radius 2 is 2.05 bits per heavy atom. The number of H-pyrrole nitrogens is 1. The minimum Gasteiger partial charge on any atom is -0.368 e. The summed E-state index contributed by atoms with van der Waals surface area (Å²) < 4.78 is 0. The quantitative estimate of drug-likeness (QED) is 0.863. The van der Waals surface area contributed by atoms with E-state index in [1.165, 1.54) is 6.42 Å². The molecule has 20 heavy (non-hydrogen) atoms. The largest absolute Gasteiger partial charge is 0.368 e. The van der Waals surface area contributed by atoms with Gasteiger partial charge in [-0.15, -0.1) is 0 Å². The number of nitrogens with one attached hydrogen (secondary N) is 1. The fraction of sp³-hybridized carbons (Fsp3) is 0.615. The maximum Gasteiger partial charge on any atom is 0.224 e. The second kappa shape index (κ2) is 5.24. The van der Waals surface area contributed by atoms with Crippen molar-refractivity contribution < 1.29 is 0 Å². The van der Waals surface area contributed by atoms with Gasteiger partial charge in [-0.05, 0) is 13.3 Å². The number of hydrogen-bond acceptors (Lipinski definition) is 6. The molecule has 2 aromatic rings. The molecule has 0 amide bonds. The molecule has 0 aliphatic carbocycles. The van der Waals surface area contributed by atoms with Gasteiger partial charge in [-0.3, -0.25) is 10.00 Å². The third kappa shape index (κ3) is 2.29. The highest BCUT2D eigenvalue weighted by Gasteiger charge is 2.23. The third-order valence-electron chi connectivity index (χ3n) is 4.13. The number of nitrogens with two attached hydrogens (primary N) is 1. The van der Waals surface area contributed by atoms with Gasteiger partial charge in [0.2, 0.25) is 5.95 Å². The van der Waals surface area contributed by atoms with Gasteiger partial charge in [-0.25, -0.2) is 0 Å². The van der Waals surface area contributed by atoms with E-state index in [0.29, 0.717) is 17.6 Å². The van der Waals surface area contributed by atoms with Crippen molar-refractivity contribution in [3.63, 3.8) is 0 Å². The predicted molar refractivity (Wildman–Crippen MR) is 79.6 cm³/mol.